The molecule has 0 fully saturated rings. The Morgan fingerprint density at radius 3 is 2.63 bits per heavy atom. The van der Waals surface area contributed by atoms with E-state index >= 15 is 0 Å². The van der Waals surface area contributed by atoms with Crippen molar-refractivity contribution >= 4 is 17.4 Å². The summed E-state index contributed by atoms with van der Waals surface area (Å²) >= 11 is 0. The molecule has 1 aliphatic rings. The smallest absolute Gasteiger partial charge is 0.274 e. The highest BCUT2D eigenvalue weighted by Gasteiger charge is 2.43. The molecule has 1 amide bonds. The molecule has 0 atom stereocenters. The molecule has 1 aromatic rings. The molecule has 0 saturated carbocycles. The van der Waals surface area contributed by atoms with Gasteiger partial charge in [-0.3, -0.25) is 9.59 Å². The van der Waals surface area contributed by atoms with Gasteiger partial charge in [0, 0.05) is 25.3 Å². The highest BCUT2D eigenvalue weighted by atomic mass is 19.3. The van der Waals surface area contributed by atoms with Crippen LogP contribution in [0.4, 0.5) is 18.9 Å². The zero-order valence-electron chi connectivity index (χ0n) is 10.4. The van der Waals surface area contributed by atoms with Crippen LogP contribution in [0.2, 0.25) is 0 Å². The first-order valence-corrected chi connectivity index (χ1v) is 5.76. The number of amides is 1. The second-order valence-corrected chi connectivity index (χ2v) is 4.59. The first-order chi connectivity index (χ1) is 8.74. The van der Waals surface area contributed by atoms with Gasteiger partial charge in [-0.05, 0) is 18.6 Å². The Morgan fingerprint density at radius 1 is 1.42 bits per heavy atom. The van der Waals surface area contributed by atoms with Gasteiger partial charge in [-0.25, -0.2) is 13.2 Å². The summed E-state index contributed by atoms with van der Waals surface area (Å²) in [4.78, 5) is 22.9. The normalized spacial score (nSPS) is 17.0. The van der Waals surface area contributed by atoms with Gasteiger partial charge in [0.15, 0.2) is 5.78 Å². The molecule has 0 spiro atoms. The molecule has 1 aliphatic carbocycles. The maximum Gasteiger partial charge on any atom is 0.274 e. The molecule has 0 aromatic heterocycles. The molecule has 2 rings (SSSR count). The Balaban J connectivity index is 2.76. The largest absolute Gasteiger partial charge is 0.326 e. The van der Waals surface area contributed by atoms with Crippen molar-refractivity contribution in [2.75, 3.05) is 5.32 Å². The first kappa shape index (κ1) is 13.6. The summed E-state index contributed by atoms with van der Waals surface area (Å²) in [6.07, 6.45) is -0.958. The summed E-state index contributed by atoms with van der Waals surface area (Å²) in [5.41, 5.74) is -1.31. The highest BCUT2D eigenvalue weighted by molar-refractivity contribution is 6.07. The van der Waals surface area contributed by atoms with Crippen LogP contribution in [-0.4, -0.2) is 11.7 Å². The Bertz CT molecular complexity index is 582. The number of hydrogen-bond acceptors (Lipinski definition) is 2. The maximum atomic E-state index is 13.9. The number of halogens is 3. The second-order valence-electron chi connectivity index (χ2n) is 4.59. The predicted octanol–water partition coefficient (Wildman–Crippen LogP) is 3.16. The van der Waals surface area contributed by atoms with Crippen LogP contribution in [-0.2, 0) is 10.7 Å². The SMILES string of the molecule is CC(=O)Nc1cc(F)c(C)c2c1C(=O)CCC2(F)F. The monoisotopic (exact) mass is 271 g/mol. The molecule has 0 saturated heterocycles. The Labute approximate surface area is 107 Å². The number of hydrogen-bond donors (Lipinski definition) is 1. The van der Waals surface area contributed by atoms with Crippen molar-refractivity contribution in [3.8, 4) is 0 Å². The number of benzene rings is 1. The molecule has 0 aliphatic heterocycles. The molecule has 0 bridgehead atoms. The van der Waals surface area contributed by atoms with Crippen molar-refractivity contribution in [3.05, 3.63) is 28.6 Å². The highest BCUT2D eigenvalue weighted by Crippen LogP contribution is 2.44. The minimum absolute atomic E-state index is 0.185. The molecular formula is C13H12F3NO2. The van der Waals surface area contributed by atoms with Crippen molar-refractivity contribution in [1.82, 2.24) is 0 Å². The molecule has 6 heteroatoms. The second kappa shape index (κ2) is 4.36. The fourth-order valence-corrected chi connectivity index (χ4v) is 2.30. The molecule has 102 valence electrons. The van der Waals surface area contributed by atoms with Gasteiger partial charge in [-0.1, -0.05) is 0 Å². The van der Waals surface area contributed by atoms with E-state index in [1.165, 1.54) is 6.92 Å². The fourth-order valence-electron chi connectivity index (χ4n) is 2.30. The number of anilines is 1. The van der Waals surface area contributed by atoms with E-state index in [4.69, 9.17) is 0 Å². The number of carbonyl (C=O) groups excluding carboxylic acids is 2. The van der Waals surface area contributed by atoms with Crippen molar-refractivity contribution in [3.63, 3.8) is 0 Å². The fraction of sp³-hybridized carbons (Fsp3) is 0.385. The van der Waals surface area contributed by atoms with Gasteiger partial charge in [0.1, 0.15) is 5.82 Å². The molecule has 0 unspecified atom stereocenters. The topological polar surface area (TPSA) is 46.2 Å². The van der Waals surface area contributed by atoms with Gasteiger partial charge in [-0.15, -0.1) is 0 Å². The average Bonchev–Trinajstić information content (AvgIpc) is 2.28. The van der Waals surface area contributed by atoms with E-state index in [1.54, 1.807) is 0 Å². The number of carbonyl (C=O) groups is 2. The number of rotatable bonds is 1. The van der Waals surface area contributed by atoms with E-state index in [0.29, 0.717) is 0 Å². The van der Waals surface area contributed by atoms with E-state index in [0.717, 1.165) is 13.0 Å². The van der Waals surface area contributed by atoms with Crippen molar-refractivity contribution in [2.45, 2.75) is 32.6 Å². The Kier molecular flexibility index (Phi) is 3.12. The van der Waals surface area contributed by atoms with Gasteiger partial charge in [0.05, 0.1) is 11.3 Å². The molecular weight excluding hydrogens is 259 g/mol. The standard InChI is InChI=1S/C13H12F3NO2/c1-6-8(14)5-9(17-7(2)18)11-10(19)3-4-13(15,16)12(6)11/h5H,3-4H2,1-2H3,(H,17,18). The van der Waals surface area contributed by atoms with Gasteiger partial charge >= 0.3 is 0 Å². The third kappa shape index (κ3) is 2.22. The van der Waals surface area contributed by atoms with E-state index < -0.39 is 35.4 Å². The van der Waals surface area contributed by atoms with Crippen LogP contribution in [0.15, 0.2) is 6.07 Å². The van der Waals surface area contributed by atoms with Crippen molar-refractivity contribution < 1.29 is 22.8 Å². The van der Waals surface area contributed by atoms with Crippen molar-refractivity contribution in [2.24, 2.45) is 0 Å². The van der Waals surface area contributed by atoms with Gasteiger partial charge in [0.2, 0.25) is 5.91 Å². The average molecular weight is 271 g/mol. The molecule has 1 aromatic carbocycles. The lowest BCUT2D eigenvalue weighted by Gasteiger charge is -2.28. The van der Waals surface area contributed by atoms with E-state index in [9.17, 15) is 22.8 Å². The quantitative estimate of drug-likeness (QED) is 0.852. The molecule has 0 radical (unpaired) electrons. The van der Waals surface area contributed by atoms with E-state index in [1.807, 2.05) is 0 Å². The Morgan fingerprint density at radius 2 is 2.05 bits per heavy atom. The third-order valence-electron chi connectivity index (χ3n) is 3.14. The zero-order chi connectivity index (χ0) is 14.4. The number of alkyl halides is 2. The number of fused-ring (bicyclic) bond motifs is 1. The summed E-state index contributed by atoms with van der Waals surface area (Å²) in [5, 5.41) is 2.24. The third-order valence-corrected chi connectivity index (χ3v) is 3.14. The summed E-state index contributed by atoms with van der Waals surface area (Å²) in [6.45, 7) is 2.37. The van der Waals surface area contributed by atoms with Crippen LogP contribution in [0.5, 0.6) is 0 Å². The predicted molar refractivity (Wildman–Crippen MR) is 62.9 cm³/mol. The number of nitrogens with one attached hydrogen (secondary N) is 1. The summed E-state index contributed by atoms with van der Waals surface area (Å²) in [7, 11) is 0. The van der Waals surface area contributed by atoms with Gasteiger partial charge in [-0.2, -0.15) is 0 Å². The zero-order valence-corrected chi connectivity index (χ0v) is 10.4. The lowest BCUT2D eigenvalue weighted by Crippen LogP contribution is -2.28. The van der Waals surface area contributed by atoms with E-state index in [2.05, 4.69) is 5.32 Å². The molecule has 0 heterocycles. The van der Waals surface area contributed by atoms with Crippen LogP contribution in [0, 0.1) is 12.7 Å². The summed E-state index contributed by atoms with van der Waals surface area (Å²) in [5.74, 6) is -5.18. The lowest BCUT2D eigenvalue weighted by molar-refractivity contribution is -0.114. The van der Waals surface area contributed by atoms with Crippen LogP contribution in [0.1, 0.15) is 41.3 Å². The van der Waals surface area contributed by atoms with Crippen LogP contribution >= 0.6 is 0 Å². The van der Waals surface area contributed by atoms with E-state index in [-0.39, 0.29) is 23.2 Å². The van der Waals surface area contributed by atoms with Gasteiger partial charge < -0.3 is 5.32 Å². The lowest BCUT2D eigenvalue weighted by atomic mass is 9.83. The minimum atomic E-state index is -3.26. The van der Waals surface area contributed by atoms with Crippen LogP contribution < -0.4 is 5.32 Å². The minimum Gasteiger partial charge on any atom is -0.326 e. The Hall–Kier alpha value is -1.85. The van der Waals surface area contributed by atoms with Crippen LogP contribution in [0.3, 0.4) is 0 Å². The first-order valence-electron chi connectivity index (χ1n) is 5.76. The summed E-state index contributed by atoms with van der Waals surface area (Å²) < 4.78 is 41.5. The molecule has 19 heavy (non-hydrogen) atoms. The molecule has 3 nitrogen and oxygen atoms in total. The molecule has 1 N–H and O–H groups in total. The number of ketones is 1. The maximum absolute atomic E-state index is 13.9. The van der Waals surface area contributed by atoms with Crippen LogP contribution in [0.25, 0.3) is 0 Å². The van der Waals surface area contributed by atoms with Gasteiger partial charge in [0.25, 0.3) is 5.92 Å². The summed E-state index contributed by atoms with van der Waals surface area (Å²) in [6, 6.07) is 0.912. The number of Topliss-reactive ketones (excluding diaryl/α,β-unsaturated/α-hetero) is 1. The van der Waals surface area contributed by atoms with Crippen molar-refractivity contribution in [1.29, 1.82) is 0 Å².